The van der Waals surface area contributed by atoms with Crippen LogP contribution in [-0.2, 0) is 35.1 Å². The zero-order valence-electron chi connectivity index (χ0n) is 21.4. The van der Waals surface area contributed by atoms with Gasteiger partial charge in [0.05, 0.1) is 19.3 Å². The Kier molecular flexibility index (Phi) is 11.1. The molecule has 0 radical (unpaired) electrons. The highest BCUT2D eigenvalue weighted by Gasteiger charge is 2.39. The van der Waals surface area contributed by atoms with E-state index in [0.29, 0.717) is 32.2 Å². The molecule has 0 aromatic heterocycles. The molecule has 1 aliphatic rings. The third-order valence-corrected chi connectivity index (χ3v) is 5.62. The molecule has 0 aliphatic carbocycles. The molecule has 11 nitrogen and oxygen atoms in total. The van der Waals surface area contributed by atoms with Gasteiger partial charge < -0.3 is 19.2 Å². The van der Waals surface area contributed by atoms with Crippen LogP contribution in [0.5, 0.6) is 0 Å². The van der Waals surface area contributed by atoms with E-state index in [4.69, 9.17) is 9.47 Å². The molecule has 1 amide bonds. The fourth-order valence-corrected chi connectivity index (χ4v) is 3.96. The highest BCUT2D eigenvalue weighted by atomic mass is 16.9. The van der Waals surface area contributed by atoms with Crippen LogP contribution in [0.25, 0.3) is 0 Å². The number of amides is 1. The third-order valence-electron chi connectivity index (χ3n) is 5.62. The van der Waals surface area contributed by atoms with Crippen molar-refractivity contribution < 1.29 is 33.8 Å². The summed E-state index contributed by atoms with van der Waals surface area (Å²) in [6.45, 7) is 7.20. The molecule has 0 bridgehead atoms. The number of benzene rings is 1. The van der Waals surface area contributed by atoms with Crippen molar-refractivity contribution in [1.82, 2.24) is 10.2 Å². The van der Waals surface area contributed by atoms with Gasteiger partial charge in [-0.15, -0.1) is 10.1 Å². The SMILES string of the molecule is CC(NC(CCc1ccccc1)C(=O)OCCCO[N+](=O)[O-])C(=O)N1CCC[C@H]1C(=O)OC(C)(C)C. The van der Waals surface area contributed by atoms with Crippen LogP contribution in [0.1, 0.15) is 58.9 Å². The third kappa shape index (κ3) is 9.80. The average molecular weight is 508 g/mol. The number of ether oxygens (including phenoxy) is 2. The highest BCUT2D eigenvalue weighted by Crippen LogP contribution is 2.22. The van der Waals surface area contributed by atoms with Crippen molar-refractivity contribution in [3.05, 3.63) is 46.0 Å². The number of hydrogen-bond donors (Lipinski definition) is 1. The zero-order chi connectivity index (χ0) is 26.7. The Bertz CT molecular complexity index is 887. The first-order valence-corrected chi connectivity index (χ1v) is 12.2. The molecule has 2 unspecified atom stereocenters. The Hall–Kier alpha value is -3.21. The van der Waals surface area contributed by atoms with Crippen LogP contribution in [0.15, 0.2) is 30.3 Å². The van der Waals surface area contributed by atoms with Gasteiger partial charge in [0.2, 0.25) is 5.91 Å². The standard InChI is InChI=1S/C25H37N3O8/c1-18(22(29)27-15-8-12-21(27)24(31)36-25(2,3)4)26-20(14-13-19-10-6-5-7-11-19)23(30)34-16-9-17-35-28(32)33/h5-7,10-11,18,20-21,26H,8-9,12-17H2,1-4H3/t18?,20?,21-/m0/s1. The maximum Gasteiger partial charge on any atom is 0.329 e. The van der Waals surface area contributed by atoms with Gasteiger partial charge in [0.1, 0.15) is 17.7 Å². The molecular formula is C25H37N3O8. The van der Waals surface area contributed by atoms with Crippen molar-refractivity contribution in [1.29, 1.82) is 0 Å². The molecule has 1 fully saturated rings. The van der Waals surface area contributed by atoms with Crippen LogP contribution in [0, 0.1) is 10.1 Å². The Morgan fingerprint density at radius 2 is 1.89 bits per heavy atom. The van der Waals surface area contributed by atoms with Gasteiger partial charge in [-0.3, -0.25) is 14.9 Å². The van der Waals surface area contributed by atoms with Crippen molar-refractivity contribution in [3.8, 4) is 0 Å². The van der Waals surface area contributed by atoms with Crippen LogP contribution in [0.2, 0.25) is 0 Å². The maximum absolute atomic E-state index is 13.2. The van der Waals surface area contributed by atoms with Crippen LogP contribution in [-0.4, -0.2) is 71.3 Å². The number of nitrogens with one attached hydrogen (secondary N) is 1. The van der Waals surface area contributed by atoms with E-state index in [1.165, 1.54) is 4.90 Å². The molecule has 0 saturated carbocycles. The van der Waals surface area contributed by atoms with Crippen molar-refractivity contribution >= 4 is 17.8 Å². The van der Waals surface area contributed by atoms with E-state index in [0.717, 1.165) is 5.56 Å². The second kappa shape index (κ2) is 13.8. The van der Waals surface area contributed by atoms with E-state index in [9.17, 15) is 24.5 Å². The van der Waals surface area contributed by atoms with Crippen LogP contribution < -0.4 is 5.32 Å². The van der Waals surface area contributed by atoms with Gasteiger partial charge in [0, 0.05) is 13.0 Å². The summed E-state index contributed by atoms with van der Waals surface area (Å²) in [6.07, 6.45) is 2.33. The molecule has 1 aromatic carbocycles. The molecule has 11 heteroatoms. The number of nitrogens with zero attached hydrogens (tertiary/aromatic N) is 2. The molecule has 1 N–H and O–H groups in total. The van der Waals surface area contributed by atoms with Crippen LogP contribution in [0.3, 0.4) is 0 Å². The quantitative estimate of drug-likeness (QED) is 0.185. The van der Waals surface area contributed by atoms with E-state index >= 15 is 0 Å². The molecular weight excluding hydrogens is 470 g/mol. The number of hydrogen-bond acceptors (Lipinski definition) is 9. The van der Waals surface area contributed by atoms with E-state index < -0.39 is 40.8 Å². The summed E-state index contributed by atoms with van der Waals surface area (Å²) in [4.78, 5) is 54.7. The predicted octanol–water partition coefficient (Wildman–Crippen LogP) is 2.44. The number of aryl methyl sites for hydroxylation is 1. The molecule has 0 spiro atoms. The minimum Gasteiger partial charge on any atom is -0.464 e. The molecule has 3 atom stereocenters. The Labute approximate surface area is 211 Å². The van der Waals surface area contributed by atoms with Gasteiger partial charge in [0.15, 0.2) is 0 Å². The molecule has 2 rings (SSSR count). The Morgan fingerprint density at radius 3 is 2.53 bits per heavy atom. The van der Waals surface area contributed by atoms with Gasteiger partial charge >= 0.3 is 11.9 Å². The molecule has 200 valence electrons. The van der Waals surface area contributed by atoms with Crippen molar-refractivity contribution in [2.75, 3.05) is 19.8 Å². The fourth-order valence-electron chi connectivity index (χ4n) is 3.96. The van der Waals surface area contributed by atoms with Crippen molar-refractivity contribution in [2.24, 2.45) is 0 Å². The van der Waals surface area contributed by atoms with Gasteiger partial charge in [-0.1, -0.05) is 30.3 Å². The number of esters is 2. The lowest BCUT2D eigenvalue weighted by atomic mass is 10.0. The number of carbonyl (C=O) groups excluding carboxylic acids is 3. The van der Waals surface area contributed by atoms with Gasteiger partial charge in [-0.2, -0.15) is 0 Å². The molecule has 1 heterocycles. The summed E-state index contributed by atoms with van der Waals surface area (Å²) in [5, 5.41) is 12.4. The van der Waals surface area contributed by atoms with Gasteiger partial charge in [-0.05, 0) is 58.9 Å². The first-order valence-electron chi connectivity index (χ1n) is 12.2. The minimum atomic E-state index is -0.901. The second-order valence-electron chi connectivity index (χ2n) is 9.77. The first-order chi connectivity index (χ1) is 17.0. The maximum atomic E-state index is 13.2. The summed E-state index contributed by atoms with van der Waals surface area (Å²) in [5.74, 6) is -1.28. The summed E-state index contributed by atoms with van der Waals surface area (Å²) in [7, 11) is 0. The fraction of sp³-hybridized carbons (Fsp3) is 0.640. The molecule has 1 saturated heterocycles. The Balaban J connectivity index is 2.01. The normalized spacial score (nSPS) is 17.2. The number of likely N-dealkylation sites (tertiary alicyclic amines) is 1. The van der Waals surface area contributed by atoms with E-state index in [1.54, 1.807) is 27.7 Å². The molecule has 1 aliphatic heterocycles. The topological polar surface area (TPSA) is 137 Å². The molecule has 36 heavy (non-hydrogen) atoms. The lowest BCUT2D eigenvalue weighted by Gasteiger charge is -2.30. The summed E-state index contributed by atoms with van der Waals surface area (Å²) in [5.41, 5.74) is 0.370. The molecule has 1 aromatic rings. The summed E-state index contributed by atoms with van der Waals surface area (Å²) >= 11 is 0. The van der Waals surface area contributed by atoms with Crippen molar-refractivity contribution in [3.63, 3.8) is 0 Å². The Morgan fingerprint density at radius 1 is 1.19 bits per heavy atom. The van der Waals surface area contributed by atoms with Gasteiger partial charge in [0.25, 0.3) is 5.09 Å². The average Bonchev–Trinajstić information content (AvgIpc) is 3.30. The largest absolute Gasteiger partial charge is 0.464 e. The van der Waals surface area contributed by atoms with Gasteiger partial charge in [-0.25, -0.2) is 4.79 Å². The number of rotatable bonds is 13. The monoisotopic (exact) mass is 507 g/mol. The second-order valence-corrected chi connectivity index (χ2v) is 9.77. The zero-order valence-corrected chi connectivity index (χ0v) is 21.4. The summed E-state index contributed by atoms with van der Waals surface area (Å²) < 4.78 is 10.8. The van der Waals surface area contributed by atoms with E-state index in [1.807, 2.05) is 30.3 Å². The van der Waals surface area contributed by atoms with Crippen LogP contribution >= 0.6 is 0 Å². The first kappa shape index (κ1) is 29.0. The lowest BCUT2D eigenvalue weighted by molar-refractivity contribution is -0.757. The van der Waals surface area contributed by atoms with Crippen molar-refractivity contribution in [2.45, 2.75) is 83.5 Å². The minimum absolute atomic E-state index is 0.0502. The van der Waals surface area contributed by atoms with E-state index in [2.05, 4.69) is 10.2 Å². The predicted molar refractivity (Wildman–Crippen MR) is 130 cm³/mol. The summed E-state index contributed by atoms with van der Waals surface area (Å²) in [6, 6.07) is 7.41. The highest BCUT2D eigenvalue weighted by molar-refractivity contribution is 5.88. The lowest BCUT2D eigenvalue weighted by Crippen LogP contribution is -2.54. The smallest absolute Gasteiger partial charge is 0.329 e. The van der Waals surface area contributed by atoms with Crippen LogP contribution in [0.4, 0.5) is 0 Å². The van der Waals surface area contributed by atoms with E-state index in [-0.39, 0.29) is 25.5 Å². The number of carbonyl (C=O) groups is 3.